The maximum Gasteiger partial charge on any atom is 0.379 e. The van der Waals surface area contributed by atoms with Gasteiger partial charge >= 0.3 is 6.68 Å². The summed E-state index contributed by atoms with van der Waals surface area (Å²) >= 11 is 0. The lowest BCUT2D eigenvalue weighted by Gasteiger charge is -1.95. The van der Waals surface area contributed by atoms with Crippen molar-refractivity contribution < 1.29 is 13.2 Å². The van der Waals surface area contributed by atoms with Crippen LogP contribution in [0.4, 0.5) is 13.2 Å². The Balaban J connectivity index is 0.000000364. The summed E-state index contributed by atoms with van der Waals surface area (Å²) in [5.74, 6) is 0. The minimum Gasteiger partial charge on any atom is -0.261 e. The predicted molar refractivity (Wildman–Crippen MR) is 50.0 cm³/mol. The minimum absolute atomic E-state index is 1.12. The SMILES string of the molecule is CCCCc1ccccn1.FC(F)F. The Hall–Kier alpha value is -1.06. The van der Waals surface area contributed by atoms with E-state index in [1.807, 2.05) is 18.3 Å². The van der Waals surface area contributed by atoms with Crippen LogP contribution in [-0.4, -0.2) is 11.7 Å². The molecule has 0 bridgehead atoms. The number of pyridine rings is 1. The Bertz CT molecular complexity index is 211. The van der Waals surface area contributed by atoms with Crippen molar-refractivity contribution in [3.05, 3.63) is 30.1 Å². The van der Waals surface area contributed by atoms with E-state index < -0.39 is 6.68 Å². The first-order chi connectivity index (χ1) is 6.66. The summed E-state index contributed by atoms with van der Waals surface area (Å²) in [7, 11) is 0. The monoisotopic (exact) mass is 205 g/mol. The van der Waals surface area contributed by atoms with Gasteiger partial charge in [-0.3, -0.25) is 4.98 Å². The molecule has 1 aromatic heterocycles. The lowest BCUT2D eigenvalue weighted by atomic mass is 10.2. The Morgan fingerprint density at radius 1 is 1.29 bits per heavy atom. The molecule has 1 nitrogen and oxygen atoms in total. The average Bonchev–Trinajstić information content (AvgIpc) is 2.15. The van der Waals surface area contributed by atoms with Crippen molar-refractivity contribution in [2.45, 2.75) is 32.9 Å². The second-order valence-electron chi connectivity index (χ2n) is 2.67. The lowest BCUT2D eigenvalue weighted by molar-refractivity contribution is 0.00819. The normalized spacial score (nSPS) is 9.50. The number of rotatable bonds is 3. The molecule has 0 unspecified atom stereocenters. The van der Waals surface area contributed by atoms with Gasteiger partial charge in [-0.25, -0.2) is 0 Å². The van der Waals surface area contributed by atoms with Crippen LogP contribution < -0.4 is 0 Å². The minimum atomic E-state index is -3.67. The van der Waals surface area contributed by atoms with Gasteiger partial charge in [-0.15, -0.1) is 0 Å². The molecular weight excluding hydrogens is 191 g/mol. The molecule has 0 fully saturated rings. The molecule has 0 radical (unpaired) electrons. The van der Waals surface area contributed by atoms with Crippen LogP contribution in [0.15, 0.2) is 24.4 Å². The first kappa shape index (κ1) is 12.9. The fraction of sp³-hybridized carbons (Fsp3) is 0.500. The van der Waals surface area contributed by atoms with Gasteiger partial charge in [0.2, 0.25) is 0 Å². The second-order valence-corrected chi connectivity index (χ2v) is 2.67. The van der Waals surface area contributed by atoms with Gasteiger partial charge in [-0.1, -0.05) is 19.4 Å². The number of aryl methyl sites for hydroxylation is 1. The summed E-state index contributed by atoms with van der Waals surface area (Å²) in [5.41, 5.74) is 1.21. The van der Waals surface area contributed by atoms with Crippen LogP contribution in [0.2, 0.25) is 0 Å². The van der Waals surface area contributed by atoms with E-state index in [9.17, 15) is 13.2 Å². The Kier molecular flexibility index (Phi) is 7.89. The molecule has 0 saturated carbocycles. The fourth-order valence-electron chi connectivity index (χ4n) is 0.904. The highest BCUT2D eigenvalue weighted by Gasteiger charge is 1.89. The Labute approximate surface area is 82.0 Å². The number of unbranched alkanes of at least 4 members (excludes halogenated alkanes) is 1. The van der Waals surface area contributed by atoms with Gasteiger partial charge in [0.05, 0.1) is 0 Å². The highest BCUT2D eigenvalue weighted by atomic mass is 19.4. The van der Waals surface area contributed by atoms with Gasteiger partial charge in [-0.05, 0) is 25.0 Å². The zero-order valence-corrected chi connectivity index (χ0v) is 8.09. The Morgan fingerprint density at radius 2 is 1.93 bits per heavy atom. The van der Waals surface area contributed by atoms with Crippen LogP contribution in [0.5, 0.6) is 0 Å². The van der Waals surface area contributed by atoms with Gasteiger partial charge < -0.3 is 0 Å². The molecule has 0 aliphatic rings. The third-order valence-corrected chi connectivity index (χ3v) is 1.51. The number of hydrogen-bond donors (Lipinski definition) is 0. The van der Waals surface area contributed by atoms with Crippen molar-refractivity contribution >= 4 is 0 Å². The van der Waals surface area contributed by atoms with Gasteiger partial charge in [-0.2, -0.15) is 13.2 Å². The fourth-order valence-corrected chi connectivity index (χ4v) is 0.904. The van der Waals surface area contributed by atoms with E-state index in [1.165, 1.54) is 18.5 Å². The van der Waals surface area contributed by atoms with Crippen LogP contribution >= 0.6 is 0 Å². The zero-order valence-electron chi connectivity index (χ0n) is 8.09. The standard InChI is InChI=1S/C9H13N.CHF3/c1-2-3-6-9-7-4-5-8-10-9;2-1(3)4/h4-5,7-8H,2-3,6H2,1H3;1H. The van der Waals surface area contributed by atoms with Crippen LogP contribution in [0, 0.1) is 0 Å². The molecule has 0 aliphatic carbocycles. The lowest BCUT2D eigenvalue weighted by Crippen LogP contribution is -1.86. The summed E-state index contributed by atoms with van der Waals surface area (Å²) in [4.78, 5) is 4.22. The molecule has 14 heavy (non-hydrogen) atoms. The van der Waals surface area contributed by atoms with Crippen molar-refractivity contribution in [2.24, 2.45) is 0 Å². The van der Waals surface area contributed by atoms with E-state index in [0.29, 0.717) is 0 Å². The van der Waals surface area contributed by atoms with Crippen molar-refractivity contribution in [1.82, 2.24) is 4.98 Å². The maximum absolute atomic E-state index is 9.67. The van der Waals surface area contributed by atoms with Crippen LogP contribution in [0.25, 0.3) is 0 Å². The smallest absolute Gasteiger partial charge is 0.261 e. The first-order valence-corrected chi connectivity index (χ1v) is 4.49. The third-order valence-electron chi connectivity index (χ3n) is 1.51. The Morgan fingerprint density at radius 3 is 2.36 bits per heavy atom. The van der Waals surface area contributed by atoms with E-state index in [4.69, 9.17) is 0 Å². The van der Waals surface area contributed by atoms with Crippen molar-refractivity contribution in [1.29, 1.82) is 0 Å². The molecule has 0 saturated heterocycles. The van der Waals surface area contributed by atoms with E-state index in [-0.39, 0.29) is 0 Å². The zero-order chi connectivity index (χ0) is 10.8. The highest BCUT2D eigenvalue weighted by Crippen LogP contribution is 1.99. The van der Waals surface area contributed by atoms with E-state index in [0.717, 1.165) is 6.42 Å². The number of halogens is 3. The summed E-state index contributed by atoms with van der Waals surface area (Å²) < 4.78 is 29.0. The van der Waals surface area contributed by atoms with E-state index in [2.05, 4.69) is 18.0 Å². The average molecular weight is 205 g/mol. The van der Waals surface area contributed by atoms with Crippen molar-refractivity contribution in [3.63, 3.8) is 0 Å². The molecule has 1 heterocycles. The second kappa shape index (κ2) is 8.53. The van der Waals surface area contributed by atoms with Crippen molar-refractivity contribution in [2.75, 3.05) is 0 Å². The van der Waals surface area contributed by atoms with Crippen LogP contribution in [0.1, 0.15) is 25.5 Å². The molecule has 1 rings (SSSR count). The molecule has 0 atom stereocenters. The molecule has 0 amide bonds. The molecule has 0 aromatic carbocycles. The van der Waals surface area contributed by atoms with Gasteiger partial charge in [0, 0.05) is 11.9 Å². The van der Waals surface area contributed by atoms with Crippen molar-refractivity contribution in [3.8, 4) is 0 Å². The largest absolute Gasteiger partial charge is 0.379 e. The van der Waals surface area contributed by atoms with E-state index in [1.54, 1.807) is 0 Å². The third kappa shape index (κ3) is 9.03. The molecule has 1 aromatic rings. The highest BCUT2D eigenvalue weighted by molar-refractivity contribution is 5.03. The molecular formula is C10H14F3N. The maximum atomic E-state index is 9.67. The molecule has 80 valence electrons. The van der Waals surface area contributed by atoms with Crippen LogP contribution in [0.3, 0.4) is 0 Å². The molecule has 0 spiro atoms. The van der Waals surface area contributed by atoms with Gasteiger partial charge in [0.25, 0.3) is 0 Å². The quantitative estimate of drug-likeness (QED) is 0.734. The topological polar surface area (TPSA) is 12.9 Å². The number of hydrogen-bond acceptors (Lipinski definition) is 1. The first-order valence-electron chi connectivity index (χ1n) is 4.49. The summed E-state index contributed by atoms with van der Waals surface area (Å²) in [6.07, 6.45) is 5.47. The van der Waals surface area contributed by atoms with Crippen LogP contribution in [-0.2, 0) is 6.42 Å². The number of alkyl halides is 3. The van der Waals surface area contributed by atoms with Gasteiger partial charge in [0.1, 0.15) is 0 Å². The summed E-state index contributed by atoms with van der Waals surface area (Å²) in [6.45, 7) is -1.47. The summed E-state index contributed by atoms with van der Waals surface area (Å²) in [6, 6.07) is 6.07. The number of aromatic nitrogens is 1. The number of nitrogens with zero attached hydrogens (tertiary/aromatic N) is 1. The molecule has 0 aliphatic heterocycles. The van der Waals surface area contributed by atoms with E-state index >= 15 is 0 Å². The molecule has 4 heteroatoms. The van der Waals surface area contributed by atoms with Gasteiger partial charge in [0.15, 0.2) is 0 Å². The summed E-state index contributed by atoms with van der Waals surface area (Å²) in [5, 5.41) is 0. The predicted octanol–water partition coefficient (Wildman–Crippen LogP) is 3.60. The molecule has 0 N–H and O–H groups in total.